The van der Waals surface area contributed by atoms with Gasteiger partial charge in [-0.05, 0) is 29.8 Å². The number of rotatable bonds is 7. The third kappa shape index (κ3) is 4.46. The van der Waals surface area contributed by atoms with Crippen LogP contribution in [0.2, 0.25) is 0 Å². The number of carbonyl (C=O) groups excluding carboxylic acids is 1. The minimum absolute atomic E-state index is 0.0648. The fourth-order valence-electron chi connectivity index (χ4n) is 3.12. The summed E-state index contributed by atoms with van der Waals surface area (Å²) in [4.78, 5) is 32.0. The van der Waals surface area contributed by atoms with E-state index in [-0.39, 0.29) is 17.2 Å². The molecule has 6 nitrogen and oxygen atoms in total. The zero-order chi connectivity index (χ0) is 20.9. The summed E-state index contributed by atoms with van der Waals surface area (Å²) < 4.78 is 6.95. The van der Waals surface area contributed by atoms with Crippen molar-refractivity contribution in [2.24, 2.45) is 0 Å². The van der Waals surface area contributed by atoms with Crippen molar-refractivity contribution in [3.8, 4) is 0 Å². The number of furan rings is 1. The molecule has 0 bridgehead atoms. The number of para-hydroxylation sites is 1. The zero-order valence-electron chi connectivity index (χ0n) is 16.5. The van der Waals surface area contributed by atoms with E-state index in [1.165, 1.54) is 11.8 Å². The summed E-state index contributed by atoms with van der Waals surface area (Å²) in [6.45, 7) is 0.796. The van der Waals surface area contributed by atoms with Gasteiger partial charge in [-0.15, -0.1) is 0 Å². The highest BCUT2D eigenvalue weighted by Gasteiger charge is 2.16. The van der Waals surface area contributed by atoms with Gasteiger partial charge in [0.05, 0.1) is 36.0 Å². The van der Waals surface area contributed by atoms with Crippen LogP contribution in [0.25, 0.3) is 10.9 Å². The van der Waals surface area contributed by atoms with Gasteiger partial charge in [-0.1, -0.05) is 54.2 Å². The first-order valence-electron chi connectivity index (χ1n) is 9.54. The SMILES string of the molecule is CN(Cc1ccco1)C(=O)CSc1nc2ccccc2c(=O)n1Cc1ccccc1. The van der Waals surface area contributed by atoms with Crippen LogP contribution in [-0.2, 0) is 17.9 Å². The Labute approximate surface area is 178 Å². The number of fused-ring (bicyclic) bond motifs is 1. The van der Waals surface area contributed by atoms with Crippen LogP contribution in [0.1, 0.15) is 11.3 Å². The minimum Gasteiger partial charge on any atom is -0.467 e. The Kier molecular flexibility index (Phi) is 5.99. The van der Waals surface area contributed by atoms with E-state index in [1.807, 2.05) is 54.6 Å². The first-order valence-corrected chi connectivity index (χ1v) is 10.5. The maximum Gasteiger partial charge on any atom is 0.262 e. The van der Waals surface area contributed by atoms with Gasteiger partial charge in [-0.25, -0.2) is 4.98 Å². The molecule has 4 rings (SSSR count). The molecule has 0 aliphatic rings. The summed E-state index contributed by atoms with van der Waals surface area (Å²) in [6, 6.07) is 20.7. The molecule has 2 aromatic carbocycles. The second kappa shape index (κ2) is 9.00. The smallest absolute Gasteiger partial charge is 0.262 e. The molecule has 0 N–H and O–H groups in total. The topological polar surface area (TPSA) is 68.3 Å². The van der Waals surface area contributed by atoms with E-state index >= 15 is 0 Å². The molecule has 4 aromatic rings. The van der Waals surface area contributed by atoms with Gasteiger partial charge in [0.15, 0.2) is 5.16 Å². The fourth-order valence-corrected chi connectivity index (χ4v) is 4.06. The Bertz CT molecular complexity index is 1200. The van der Waals surface area contributed by atoms with E-state index in [4.69, 9.17) is 4.42 Å². The Hall–Kier alpha value is -3.32. The van der Waals surface area contributed by atoms with Crippen LogP contribution >= 0.6 is 11.8 Å². The molecule has 0 saturated carbocycles. The number of thioether (sulfide) groups is 1. The molecular weight excluding hydrogens is 398 g/mol. The van der Waals surface area contributed by atoms with Gasteiger partial charge in [-0.2, -0.15) is 0 Å². The molecule has 0 fully saturated rings. The molecular formula is C23H21N3O3S. The molecule has 2 heterocycles. The summed E-state index contributed by atoms with van der Waals surface area (Å²) in [5.41, 5.74) is 1.52. The lowest BCUT2D eigenvalue weighted by atomic mass is 10.2. The Morgan fingerprint density at radius 2 is 1.83 bits per heavy atom. The quantitative estimate of drug-likeness (QED) is 0.337. The number of benzene rings is 2. The van der Waals surface area contributed by atoms with Crippen LogP contribution in [0.3, 0.4) is 0 Å². The number of nitrogens with zero attached hydrogens (tertiary/aromatic N) is 3. The van der Waals surface area contributed by atoms with Crippen LogP contribution in [0, 0.1) is 0 Å². The molecule has 0 atom stereocenters. The molecule has 0 saturated heterocycles. The molecule has 1 amide bonds. The maximum atomic E-state index is 13.1. The third-order valence-electron chi connectivity index (χ3n) is 4.73. The van der Waals surface area contributed by atoms with Crippen molar-refractivity contribution in [3.05, 3.63) is 94.7 Å². The van der Waals surface area contributed by atoms with E-state index < -0.39 is 0 Å². The average molecular weight is 420 g/mol. The second-order valence-corrected chi connectivity index (χ2v) is 7.85. The summed E-state index contributed by atoms with van der Waals surface area (Å²) in [6.07, 6.45) is 1.59. The van der Waals surface area contributed by atoms with Crippen LogP contribution in [0.4, 0.5) is 0 Å². The summed E-state index contributed by atoms with van der Waals surface area (Å²) in [5.74, 6) is 0.835. The normalized spacial score (nSPS) is 11.0. The molecule has 0 spiro atoms. The van der Waals surface area contributed by atoms with Crippen molar-refractivity contribution in [3.63, 3.8) is 0 Å². The average Bonchev–Trinajstić information content (AvgIpc) is 3.28. The van der Waals surface area contributed by atoms with Crippen LogP contribution in [-0.4, -0.2) is 33.2 Å². The highest BCUT2D eigenvalue weighted by molar-refractivity contribution is 7.99. The minimum atomic E-state index is -0.108. The fraction of sp³-hybridized carbons (Fsp3) is 0.174. The van der Waals surface area contributed by atoms with E-state index in [0.29, 0.717) is 29.1 Å². The lowest BCUT2D eigenvalue weighted by molar-refractivity contribution is -0.127. The molecule has 152 valence electrons. The highest BCUT2D eigenvalue weighted by Crippen LogP contribution is 2.20. The Morgan fingerprint density at radius 3 is 2.60 bits per heavy atom. The molecule has 30 heavy (non-hydrogen) atoms. The predicted molar refractivity (Wildman–Crippen MR) is 117 cm³/mol. The molecule has 0 aliphatic carbocycles. The van der Waals surface area contributed by atoms with E-state index in [0.717, 1.165) is 11.3 Å². The maximum absolute atomic E-state index is 13.1. The van der Waals surface area contributed by atoms with Gasteiger partial charge >= 0.3 is 0 Å². The summed E-state index contributed by atoms with van der Waals surface area (Å²) in [7, 11) is 1.73. The lowest BCUT2D eigenvalue weighted by Crippen LogP contribution is -2.29. The molecule has 0 aliphatic heterocycles. The van der Waals surface area contributed by atoms with Crippen LogP contribution in [0.5, 0.6) is 0 Å². The van der Waals surface area contributed by atoms with E-state index in [1.54, 1.807) is 34.9 Å². The number of hydrogen-bond donors (Lipinski definition) is 0. The molecule has 0 radical (unpaired) electrons. The Balaban J connectivity index is 1.59. The van der Waals surface area contributed by atoms with Crippen molar-refractivity contribution in [2.45, 2.75) is 18.2 Å². The van der Waals surface area contributed by atoms with Gasteiger partial charge in [0.25, 0.3) is 5.56 Å². The highest BCUT2D eigenvalue weighted by atomic mass is 32.2. The number of amides is 1. The van der Waals surface area contributed by atoms with Crippen LogP contribution in [0.15, 0.2) is 87.4 Å². The van der Waals surface area contributed by atoms with E-state index in [2.05, 4.69) is 4.98 Å². The standard InChI is InChI=1S/C23H21N3O3S/c1-25(15-18-10-7-13-29-18)21(27)16-30-23-24-20-12-6-5-11-19(20)22(28)26(23)14-17-8-3-2-4-9-17/h2-13H,14-16H2,1H3. The first-order chi connectivity index (χ1) is 14.6. The van der Waals surface area contributed by atoms with Crippen molar-refractivity contribution < 1.29 is 9.21 Å². The van der Waals surface area contributed by atoms with Gasteiger partial charge in [-0.3, -0.25) is 14.2 Å². The number of carbonyl (C=O) groups is 1. The second-order valence-electron chi connectivity index (χ2n) is 6.91. The predicted octanol–water partition coefficient (Wildman–Crippen LogP) is 3.79. The zero-order valence-corrected chi connectivity index (χ0v) is 17.3. The van der Waals surface area contributed by atoms with E-state index in [9.17, 15) is 9.59 Å². The van der Waals surface area contributed by atoms with Gasteiger partial charge < -0.3 is 9.32 Å². The molecule has 0 unspecified atom stereocenters. The first kappa shape index (κ1) is 20.0. The molecule has 2 aromatic heterocycles. The van der Waals surface area contributed by atoms with Crippen molar-refractivity contribution >= 4 is 28.6 Å². The number of hydrogen-bond acceptors (Lipinski definition) is 5. The summed E-state index contributed by atoms with van der Waals surface area (Å²) >= 11 is 1.27. The van der Waals surface area contributed by atoms with Crippen molar-refractivity contribution in [1.29, 1.82) is 0 Å². The third-order valence-corrected chi connectivity index (χ3v) is 5.69. The van der Waals surface area contributed by atoms with Crippen molar-refractivity contribution in [2.75, 3.05) is 12.8 Å². The monoisotopic (exact) mass is 419 g/mol. The molecule has 7 heteroatoms. The largest absolute Gasteiger partial charge is 0.467 e. The van der Waals surface area contributed by atoms with Gasteiger partial charge in [0.2, 0.25) is 5.91 Å². The van der Waals surface area contributed by atoms with Crippen LogP contribution < -0.4 is 5.56 Å². The van der Waals surface area contributed by atoms with Crippen molar-refractivity contribution in [1.82, 2.24) is 14.5 Å². The van der Waals surface area contributed by atoms with Gasteiger partial charge in [0, 0.05) is 7.05 Å². The number of aromatic nitrogens is 2. The summed E-state index contributed by atoms with van der Waals surface area (Å²) in [5, 5.41) is 1.10. The lowest BCUT2D eigenvalue weighted by Gasteiger charge is -2.17. The Morgan fingerprint density at radius 1 is 1.07 bits per heavy atom. The van der Waals surface area contributed by atoms with Gasteiger partial charge in [0.1, 0.15) is 5.76 Å².